The second kappa shape index (κ2) is 4.88. The van der Waals surface area contributed by atoms with Gasteiger partial charge in [-0.3, -0.25) is 4.98 Å². The molecule has 2 nitrogen and oxygen atoms in total. The van der Waals surface area contributed by atoms with E-state index in [1.54, 1.807) is 0 Å². The number of nitrogens with one attached hydrogen (secondary N) is 1. The number of aryl methyl sites for hydroxylation is 4. The number of nitrogens with zero attached hydrogens (tertiary/aromatic N) is 1. The number of aromatic amines is 1. The zero-order chi connectivity index (χ0) is 13.2. The maximum atomic E-state index is 4.55. The number of H-pyrrole nitrogens is 1. The van der Waals surface area contributed by atoms with Crippen molar-refractivity contribution in [3.05, 3.63) is 65.1 Å². The van der Waals surface area contributed by atoms with Crippen molar-refractivity contribution < 1.29 is 0 Å². The average molecular weight is 250 g/mol. The minimum atomic E-state index is 0.973. The minimum Gasteiger partial charge on any atom is -0.357 e. The van der Waals surface area contributed by atoms with Crippen LogP contribution in [0, 0.1) is 13.8 Å². The molecule has 0 fully saturated rings. The van der Waals surface area contributed by atoms with Crippen LogP contribution in [0.5, 0.6) is 0 Å². The van der Waals surface area contributed by atoms with E-state index in [0.717, 1.165) is 18.5 Å². The van der Waals surface area contributed by atoms with Gasteiger partial charge in [0, 0.05) is 17.3 Å². The second-order valence-corrected chi connectivity index (χ2v) is 5.04. The molecule has 0 atom stereocenters. The highest BCUT2D eigenvalue weighted by Crippen LogP contribution is 2.23. The van der Waals surface area contributed by atoms with Crippen molar-refractivity contribution in [2.45, 2.75) is 26.7 Å². The Bertz CT molecular complexity index is 696. The molecule has 0 saturated carbocycles. The highest BCUT2D eigenvalue weighted by atomic mass is 14.8. The first-order valence-electron chi connectivity index (χ1n) is 6.72. The largest absolute Gasteiger partial charge is 0.357 e. The summed E-state index contributed by atoms with van der Waals surface area (Å²) in [5, 5.41) is 1.30. The van der Waals surface area contributed by atoms with Crippen molar-refractivity contribution in [2.75, 3.05) is 0 Å². The highest BCUT2D eigenvalue weighted by Gasteiger charge is 2.08. The van der Waals surface area contributed by atoms with Crippen LogP contribution in [-0.2, 0) is 12.8 Å². The zero-order valence-corrected chi connectivity index (χ0v) is 11.4. The Labute approximate surface area is 113 Å². The number of rotatable bonds is 3. The maximum absolute atomic E-state index is 4.55. The molecule has 2 heterocycles. The fourth-order valence-electron chi connectivity index (χ4n) is 2.54. The molecule has 0 saturated heterocycles. The molecule has 0 unspecified atom stereocenters. The van der Waals surface area contributed by atoms with Gasteiger partial charge in [0.2, 0.25) is 0 Å². The van der Waals surface area contributed by atoms with Crippen LogP contribution in [-0.4, -0.2) is 9.97 Å². The van der Waals surface area contributed by atoms with Gasteiger partial charge in [-0.25, -0.2) is 0 Å². The van der Waals surface area contributed by atoms with Crippen LogP contribution >= 0.6 is 0 Å². The Balaban J connectivity index is 1.91. The summed E-state index contributed by atoms with van der Waals surface area (Å²) < 4.78 is 0. The molecule has 1 N–H and O–H groups in total. The molecule has 0 aliphatic carbocycles. The molecule has 0 radical (unpaired) electrons. The van der Waals surface area contributed by atoms with Gasteiger partial charge in [-0.05, 0) is 43.9 Å². The summed E-state index contributed by atoms with van der Waals surface area (Å²) in [5.41, 5.74) is 6.30. The third-order valence-corrected chi connectivity index (χ3v) is 3.80. The van der Waals surface area contributed by atoms with Crippen LogP contribution in [0.15, 0.2) is 42.6 Å². The van der Waals surface area contributed by atoms with E-state index < -0.39 is 0 Å². The van der Waals surface area contributed by atoms with Crippen LogP contribution in [0.25, 0.3) is 10.9 Å². The number of benzene rings is 1. The normalized spacial score (nSPS) is 11.1. The van der Waals surface area contributed by atoms with E-state index in [9.17, 15) is 0 Å². The molecule has 0 bridgehead atoms. The number of aromatic nitrogens is 2. The predicted molar refractivity (Wildman–Crippen MR) is 79.4 cm³/mol. The first-order chi connectivity index (χ1) is 9.25. The van der Waals surface area contributed by atoms with Gasteiger partial charge in [-0.15, -0.1) is 0 Å². The Hall–Kier alpha value is -2.09. The van der Waals surface area contributed by atoms with Crippen molar-refractivity contribution >= 4 is 10.9 Å². The maximum Gasteiger partial charge on any atom is 0.0678 e. The summed E-state index contributed by atoms with van der Waals surface area (Å²) in [7, 11) is 0. The Kier molecular flexibility index (Phi) is 3.08. The predicted octanol–water partition coefficient (Wildman–Crippen LogP) is 3.96. The van der Waals surface area contributed by atoms with Gasteiger partial charge in [0.05, 0.1) is 11.2 Å². The summed E-state index contributed by atoms with van der Waals surface area (Å²) in [4.78, 5) is 8.01. The molecule has 96 valence electrons. The SMILES string of the molecule is Cc1[nH]c2c(CCc3ccccc3)nccc2c1C. The van der Waals surface area contributed by atoms with E-state index in [0.29, 0.717) is 0 Å². The monoisotopic (exact) mass is 250 g/mol. The van der Waals surface area contributed by atoms with Crippen molar-refractivity contribution in [1.29, 1.82) is 0 Å². The highest BCUT2D eigenvalue weighted by molar-refractivity contribution is 5.85. The lowest BCUT2D eigenvalue weighted by Crippen LogP contribution is -1.95. The van der Waals surface area contributed by atoms with E-state index in [1.807, 2.05) is 6.20 Å². The summed E-state index contributed by atoms with van der Waals surface area (Å²) in [5.74, 6) is 0. The van der Waals surface area contributed by atoms with E-state index in [-0.39, 0.29) is 0 Å². The van der Waals surface area contributed by atoms with E-state index in [4.69, 9.17) is 0 Å². The Morgan fingerprint density at radius 3 is 2.58 bits per heavy atom. The number of hydrogen-bond acceptors (Lipinski definition) is 1. The summed E-state index contributed by atoms with van der Waals surface area (Å²) in [6.45, 7) is 4.28. The molecule has 0 aliphatic rings. The zero-order valence-electron chi connectivity index (χ0n) is 11.4. The minimum absolute atomic E-state index is 0.973. The van der Waals surface area contributed by atoms with E-state index >= 15 is 0 Å². The van der Waals surface area contributed by atoms with E-state index in [1.165, 1.54) is 27.7 Å². The van der Waals surface area contributed by atoms with Crippen molar-refractivity contribution in [2.24, 2.45) is 0 Å². The summed E-state index contributed by atoms with van der Waals surface area (Å²) in [6, 6.07) is 12.7. The van der Waals surface area contributed by atoms with Gasteiger partial charge >= 0.3 is 0 Å². The van der Waals surface area contributed by atoms with Gasteiger partial charge < -0.3 is 4.98 Å². The van der Waals surface area contributed by atoms with Crippen molar-refractivity contribution in [3.8, 4) is 0 Å². The van der Waals surface area contributed by atoms with Crippen LogP contribution in [0.1, 0.15) is 22.5 Å². The lowest BCUT2D eigenvalue weighted by Gasteiger charge is -2.03. The molecule has 0 aliphatic heterocycles. The van der Waals surface area contributed by atoms with Crippen LogP contribution in [0.3, 0.4) is 0 Å². The molecule has 2 aromatic heterocycles. The Morgan fingerprint density at radius 2 is 1.79 bits per heavy atom. The molecule has 19 heavy (non-hydrogen) atoms. The first-order valence-corrected chi connectivity index (χ1v) is 6.72. The summed E-state index contributed by atoms with van der Waals surface area (Å²) >= 11 is 0. The quantitative estimate of drug-likeness (QED) is 0.748. The van der Waals surface area contributed by atoms with Gasteiger partial charge in [0.1, 0.15) is 0 Å². The number of fused-ring (bicyclic) bond motifs is 1. The molecule has 3 rings (SSSR count). The molecule has 0 spiro atoms. The van der Waals surface area contributed by atoms with Crippen LogP contribution < -0.4 is 0 Å². The topological polar surface area (TPSA) is 28.7 Å². The molecule has 0 amide bonds. The lowest BCUT2D eigenvalue weighted by atomic mass is 10.1. The Morgan fingerprint density at radius 1 is 1.00 bits per heavy atom. The lowest BCUT2D eigenvalue weighted by molar-refractivity contribution is 0.922. The average Bonchev–Trinajstić information content (AvgIpc) is 2.74. The van der Waals surface area contributed by atoms with Crippen molar-refractivity contribution in [1.82, 2.24) is 9.97 Å². The molecular formula is C17H18N2. The molecule has 1 aromatic carbocycles. The number of hydrogen-bond donors (Lipinski definition) is 1. The smallest absolute Gasteiger partial charge is 0.0678 e. The molecule has 3 aromatic rings. The second-order valence-electron chi connectivity index (χ2n) is 5.04. The van der Waals surface area contributed by atoms with Gasteiger partial charge in [0.25, 0.3) is 0 Å². The summed E-state index contributed by atoms with van der Waals surface area (Å²) in [6.07, 6.45) is 3.92. The standard InChI is InChI=1S/C17H18N2/c1-12-13(2)19-17-15(12)10-11-18-16(17)9-8-14-6-4-3-5-7-14/h3-7,10-11,19H,8-9H2,1-2H3. The fraction of sp³-hybridized carbons (Fsp3) is 0.235. The third kappa shape index (κ3) is 2.26. The fourth-order valence-corrected chi connectivity index (χ4v) is 2.54. The van der Waals surface area contributed by atoms with Gasteiger partial charge in [-0.1, -0.05) is 30.3 Å². The van der Waals surface area contributed by atoms with E-state index in [2.05, 4.69) is 60.2 Å². The van der Waals surface area contributed by atoms with Crippen molar-refractivity contribution in [3.63, 3.8) is 0 Å². The molecule has 2 heteroatoms. The van der Waals surface area contributed by atoms with Crippen LogP contribution in [0.4, 0.5) is 0 Å². The van der Waals surface area contributed by atoms with Gasteiger partial charge in [0.15, 0.2) is 0 Å². The first kappa shape index (κ1) is 12.0. The number of pyridine rings is 1. The third-order valence-electron chi connectivity index (χ3n) is 3.80. The van der Waals surface area contributed by atoms with Gasteiger partial charge in [-0.2, -0.15) is 0 Å². The molecular weight excluding hydrogens is 232 g/mol. The van der Waals surface area contributed by atoms with Crippen LogP contribution in [0.2, 0.25) is 0 Å².